The van der Waals surface area contributed by atoms with Gasteiger partial charge in [-0.3, -0.25) is 5.32 Å². The second-order valence-electron chi connectivity index (χ2n) is 4.93. The summed E-state index contributed by atoms with van der Waals surface area (Å²) < 4.78 is 3.62. The lowest BCUT2D eigenvalue weighted by molar-refractivity contribution is -0.146. The quantitative estimate of drug-likeness (QED) is 0.783. The van der Waals surface area contributed by atoms with Gasteiger partial charge >= 0.3 is 12.0 Å². The number of rotatable bonds is 3. The molecule has 7 nitrogen and oxygen atoms in total. The van der Waals surface area contributed by atoms with Crippen LogP contribution in [0, 0.1) is 5.92 Å². The monoisotopic (exact) mass is 284 g/mol. The van der Waals surface area contributed by atoms with Crippen molar-refractivity contribution in [2.24, 2.45) is 5.92 Å². The molecule has 1 aromatic heterocycles. The fraction of sp³-hybridized carbons (Fsp3) is 0.636. The molecule has 0 bridgehead atoms. The van der Waals surface area contributed by atoms with Crippen molar-refractivity contribution in [3.63, 3.8) is 0 Å². The zero-order valence-electron chi connectivity index (χ0n) is 10.5. The topological polar surface area (TPSA) is 104 Å². The van der Waals surface area contributed by atoms with E-state index in [4.69, 9.17) is 0 Å². The van der Waals surface area contributed by atoms with Crippen LogP contribution < -0.4 is 10.6 Å². The number of aliphatic carboxylic acids is 1. The number of carboxylic acid groups (broad SMARTS) is 1. The molecule has 2 rings (SSSR count). The van der Waals surface area contributed by atoms with E-state index in [1.165, 1.54) is 6.20 Å². The van der Waals surface area contributed by atoms with E-state index in [2.05, 4.69) is 27.1 Å². The summed E-state index contributed by atoms with van der Waals surface area (Å²) in [7, 11) is 0. The first-order valence-electron chi connectivity index (χ1n) is 6.12. The molecule has 0 atom stereocenters. The SMILES string of the molecule is CC1CCC(NC(=O)Nc2cnns2)(C(=O)O)CC1. The Kier molecular flexibility index (Phi) is 3.98. The zero-order valence-corrected chi connectivity index (χ0v) is 11.4. The normalized spacial score (nSPS) is 26.7. The van der Waals surface area contributed by atoms with Crippen LogP contribution >= 0.6 is 11.5 Å². The number of nitrogens with one attached hydrogen (secondary N) is 2. The summed E-state index contributed by atoms with van der Waals surface area (Å²) >= 11 is 1.04. The van der Waals surface area contributed by atoms with Crippen LogP contribution in [0.25, 0.3) is 0 Å². The number of hydrogen-bond donors (Lipinski definition) is 3. The predicted octanol–water partition coefficient (Wildman–Crippen LogP) is 1.69. The minimum Gasteiger partial charge on any atom is -0.480 e. The van der Waals surface area contributed by atoms with Crippen LogP contribution in [0.1, 0.15) is 32.6 Å². The van der Waals surface area contributed by atoms with Gasteiger partial charge in [-0.15, -0.1) is 5.10 Å². The highest BCUT2D eigenvalue weighted by molar-refractivity contribution is 7.10. The van der Waals surface area contributed by atoms with Crippen molar-refractivity contribution in [3.8, 4) is 0 Å². The minimum atomic E-state index is -1.16. The molecule has 1 aromatic rings. The Labute approximate surface area is 114 Å². The molecule has 0 radical (unpaired) electrons. The smallest absolute Gasteiger partial charge is 0.329 e. The maximum Gasteiger partial charge on any atom is 0.329 e. The third-order valence-electron chi connectivity index (χ3n) is 3.49. The highest BCUT2D eigenvalue weighted by atomic mass is 32.1. The highest BCUT2D eigenvalue weighted by Gasteiger charge is 2.42. The maximum absolute atomic E-state index is 11.8. The van der Waals surface area contributed by atoms with Gasteiger partial charge in [0.25, 0.3) is 0 Å². The number of anilines is 1. The van der Waals surface area contributed by atoms with Crippen LogP contribution in [-0.2, 0) is 4.79 Å². The summed E-state index contributed by atoms with van der Waals surface area (Å²) in [5.41, 5.74) is -1.16. The lowest BCUT2D eigenvalue weighted by Crippen LogP contribution is -2.57. The van der Waals surface area contributed by atoms with Gasteiger partial charge in [0.05, 0.1) is 6.20 Å². The molecule has 1 fully saturated rings. The van der Waals surface area contributed by atoms with Gasteiger partial charge in [0.1, 0.15) is 10.5 Å². The van der Waals surface area contributed by atoms with Crippen LogP contribution in [0.4, 0.5) is 9.80 Å². The lowest BCUT2D eigenvalue weighted by atomic mass is 9.77. The summed E-state index contributed by atoms with van der Waals surface area (Å²) in [6, 6.07) is -0.525. The van der Waals surface area contributed by atoms with Crippen LogP contribution in [-0.4, -0.2) is 32.2 Å². The molecule has 19 heavy (non-hydrogen) atoms. The van der Waals surface area contributed by atoms with Crippen molar-refractivity contribution in [2.45, 2.75) is 38.1 Å². The van der Waals surface area contributed by atoms with Crippen molar-refractivity contribution in [2.75, 3.05) is 5.32 Å². The molecule has 2 amide bonds. The largest absolute Gasteiger partial charge is 0.480 e. The zero-order chi connectivity index (χ0) is 13.9. The van der Waals surface area contributed by atoms with Crippen molar-refractivity contribution in [1.82, 2.24) is 14.9 Å². The van der Waals surface area contributed by atoms with Crippen molar-refractivity contribution in [1.29, 1.82) is 0 Å². The van der Waals surface area contributed by atoms with E-state index in [1.54, 1.807) is 0 Å². The van der Waals surface area contributed by atoms with Gasteiger partial charge in [-0.05, 0) is 31.6 Å². The summed E-state index contributed by atoms with van der Waals surface area (Å²) in [6.07, 6.45) is 3.93. The summed E-state index contributed by atoms with van der Waals surface area (Å²) in [5, 5.41) is 18.6. The number of carbonyl (C=O) groups excluding carboxylic acids is 1. The fourth-order valence-electron chi connectivity index (χ4n) is 2.23. The fourth-order valence-corrected chi connectivity index (χ4v) is 2.64. The Morgan fingerprint density at radius 1 is 1.47 bits per heavy atom. The molecule has 0 unspecified atom stereocenters. The average Bonchev–Trinajstić information content (AvgIpc) is 2.84. The molecule has 0 aromatic carbocycles. The Balaban J connectivity index is 2.01. The third-order valence-corrected chi connectivity index (χ3v) is 4.07. The summed E-state index contributed by atoms with van der Waals surface area (Å²) in [4.78, 5) is 23.3. The number of aromatic nitrogens is 2. The van der Waals surface area contributed by atoms with Crippen LogP contribution in [0.15, 0.2) is 6.20 Å². The number of amides is 2. The lowest BCUT2D eigenvalue weighted by Gasteiger charge is -2.36. The number of nitrogens with zero attached hydrogens (tertiary/aromatic N) is 2. The molecule has 8 heteroatoms. The Morgan fingerprint density at radius 2 is 2.16 bits per heavy atom. The minimum absolute atomic E-state index is 0.456. The molecule has 1 aliphatic carbocycles. The van der Waals surface area contributed by atoms with Gasteiger partial charge in [-0.25, -0.2) is 9.59 Å². The second kappa shape index (κ2) is 5.52. The van der Waals surface area contributed by atoms with Gasteiger partial charge in [-0.2, -0.15) is 0 Å². The van der Waals surface area contributed by atoms with Gasteiger partial charge in [0, 0.05) is 11.5 Å². The Morgan fingerprint density at radius 3 is 2.68 bits per heavy atom. The van der Waals surface area contributed by atoms with Crippen molar-refractivity contribution < 1.29 is 14.7 Å². The third kappa shape index (κ3) is 3.19. The molecule has 0 spiro atoms. The first-order chi connectivity index (χ1) is 9.02. The van der Waals surface area contributed by atoms with Crippen LogP contribution in [0.5, 0.6) is 0 Å². The van der Waals surface area contributed by atoms with Gasteiger partial charge < -0.3 is 10.4 Å². The summed E-state index contributed by atoms with van der Waals surface area (Å²) in [6.45, 7) is 2.09. The standard InChI is InChI=1S/C11H16N4O3S/c1-7-2-4-11(5-3-7,9(16)17)14-10(18)13-8-6-12-15-19-8/h6-7H,2-5H2,1H3,(H,16,17)(H2,13,14,18). The molecule has 1 aliphatic rings. The molecule has 104 valence electrons. The number of hydrogen-bond acceptors (Lipinski definition) is 5. The number of carboxylic acids is 1. The van der Waals surface area contributed by atoms with E-state index < -0.39 is 17.5 Å². The van der Waals surface area contributed by atoms with Crippen molar-refractivity contribution in [3.05, 3.63) is 6.20 Å². The Bertz CT molecular complexity index is 455. The van der Waals surface area contributed by atoms with E-state index in [0.717, 1.165) is 24.4 Å². The van der Waals surface area contributed by atoms with Gasteiger partial charge in [-0.1, -0.05) is 11.4 Å². The molecule has 0 saturated heterocycles. The van der Waals surface area contributed by atoms with Gasteiger partial charge in [0.15, 0.2) is 0 Å². The van der Waals surface area contributed by atoms with E-state index in [1.807, 2.05) is 0 Å². The molecule has 1 heterocycles. The van der Waals surface area contributed by atoms with Crippen LogP contribution in [0.2, 0.25) is 0 Å². The molecule has 1 saturated carbocycles. The maximum atomic E-state index is 11.8. The van der Waals surface area contributed by atoms with Gasteiger partial charge in [0.2, 0.25) is 0 Å². The van der Waals surface area contributed by atoms with E-state index >= 15 is 0 Å². The van der Waals surface area contributed by atoms with E-state index in [9.17, 15) is 14.7 Å². The van der Waals surface area contributed by atoms with E-state index in [0.29, 0.717) is 23.8 Å². The van der Waals surface area contributed by atoms with E-state index in [-0.39, 0.29) is 0 Å². The predicted molar refractivity (Wildman–Crippen MR) is 70.1 cm³/mol. The molecule has 3 N–H and O–H groups in total. The molecular weight excluding hydrogens is 268 g/mol. The highest BCUT2D eigenvalue weighted by Crippen LogP contribution is 2.32. The number of urea groups is 1. The van der Waals surface area contributed by atoms with Crippen molar-refractivity contribution >= 4 is 28.5 Å². The molecular formula is C11H16N4O3S. The van der Waals surface area contributed by atoms with Crippen LogP contribution in [0.3, 0.4) is 0 Å². The number of carbonyl (C=O) groups is 2. The summed E-state index contributed by atoms with van der Waals surface area (Å²) in [5.74, 6) is -0.472. The first-order valence-corrected chi connectivity index (χ1v) is 6.89. The first kappa shape index (κ1) is 13.7. The average molecular weight is 284 g/mol. The second-order valence-corrected chi connectivity index (χ2v) is 5.72. The molecule has 0 aliphatic heterocycles. The Hall–Kier alpha value is -1.70.